The van der Waals surface area contributed by atoms with Crippen molar-refractivity contribution in [2.45, 2.75) is 44.1 Å². The second-order valence-corrected chi connectivity index (χ2v) is 6.24. The molecule has 0 spiro atoms. The molecule has 2 aliphatic carbocycles. The zero-order valence-corrected chi connectivity index (χ0v) is 12.0. The van der Waals surface area contributed by atoms with Gasteiger partial charge in [0, 0.05) is 19.3 Å². The molecule has 2 saturated carbocycles. The number of rotatable bonds is 8. The monoisotopic (exact) mass is 277 g/mol. The van der Waals surface area contributed by atoms with Crippen molar-refractivity contribution in [1.82, 2.24) is 5.32 Å². The SMILES string of the molecule is Fc1ccc(C2CC(NCCCOCC3CC3)C2)cc1. The van der Waals surface area contributed by atoms with Crippen LogP contribution in [0.15, 0.2) is 24.3 Å². The molecule has 1 N–H and O–H groups in total. The first-order chi connectivity index (χ1) is 9.81. The normalized spacial score (nSPS) is 25.4. The van der Waals surface area contributed by atoms with Gasteiger partial charge in [-0.1, -0.05) is 12.1 Å². The lowest BCUT2D eigenvalue weighted by Crippen LogP contribution is -2.40. The fraction of sp³-hybridized carbons (Fsp3) is 0.647. The summed E-state index contributed by atoms with van der Waals surface area (Å²) in [5.41, 5.74) is 1.28. The minimum absolute atomic E-state index is 0.144. The zero-order chi connectivity index (χ0) is 13.8. The second-order valence-electron chi connectivity index (χ2n) is 6.24. The third kappa shape index (κ3) is 4.03. The Morgan fingerprint density at radius 2 is 1.90 bits per heavy atom. The fourth-order valence-electron chi connectivity index (χ4n) is 2.81. The highest BCUT2D eigenvalue weighted by atomic mass is 19.1. The lowest BCUT2D eigenvalue weighted by molar-refractivity contribution is 0.120. The Hall–Kier alpha value is -0.930. The number of hydrogen-bond acceptors (Lipinski definition) is 2. The standard InChI is InChI=1S/C17H24FNO/c18-16-6-4-14(5-7-16)15-10-17(11-15)19-8-1-9-20-12-13-2-3-13/h4-7,13,15,17,19H,1-3,8-12H2. The van der Waals surface area contributed by atoms with Gasteiger partial charge in [-0.2, -0.15) is 0 Å². The number of hydrogen-bond donors (Lipinski definition) is 1. The molecule has 0 atom stereocenters. The van der Waals surface area contributed by atoms with Crippen LogP contribution in [0, 0.1) is 11.7 Å². The number of halogens is 1. The van der Waals surface area contributed by atoms with E-state index < -0.39 is 0 Å². The van der Waals surface area contributed by atoms with E-state index in [1.54, 1.807) is 12.1 Å². The molecule has 3 rings (SSSR count). The van der Waals surface area contributed by atoms with Crippen molar-refractivity contribution in [2.24, 2.45) is 5.92 Å². The molecule has 0 amide bonds. The second kappa shape index (κ2) is 6.68. The van der Waals surface area contributed by atoms with E-state index >= 15 is 0 Å². The minimum Gasteiger partial charge on any atom is -0.381 e. The topological polar surface area (TPSA) is 21.3 Å². The third-order valence-electron chi connectivity index (χ3n) is 4.43. The summed E-state index contributed by atoms with van der Waals surface area (Å²) in [5, 5.41) is 3.58. The highest BCUT2D eigenvalue weighted by Crippen LogP contribution is 2.36. The molecule has 0 saturated heterocycles. The molecule has 0 radical (unpaired) electrons. The van der Waals surface area contributed by atoms with Crippen LogP contribution in [0.1, 0.15) is 43.6 Å². The van der Waals surface area contributed by atoms with Crippen LogP contribution in [0.2, 0.25) is 0 Å². The highest BCUT2D eigenvalue weighted by Gasteiger charge is 2.29. The summed E-state index contributed by atoms with van der Waals surface area (Å²) in [6.07, 6.45) is 6.18. The van der Waals surface area contributed by atoms with Crippen LogP contribution in [0.4, 0.5) is 4.39 Å². The zero-order valence-electron chi connectivity index (χ0n) is 12.0. The molecule has 1 aromatic rings. The van der Waals surface area contributed by atoms with E-state index in [0.29, 0.717) is 12.0 Å². The Bertz CT molecular complexity index is 410. The summed E-state index contributed by atoms with van der Waals surface area (Å²) in [6.45, 7) is 2.90. The number of benzene rings is 1. The van der Waals surface area contributed by atoms with Gasteiger partial charge in [0.25, 0.3) is 0 Å². The highest BCUT2D eigenvalue weighted by molar-refractivity contribution is 5.23. The average molecular weight is 277 g/mol. The number of nitrogens with one attached hydrogen (secondary N) is 1. The first kappa shape index (κ1) is 14.0. The first-order valence-electron chi connectivity index (χ1n) is 7.88. The molecular weight excluding hydrogens is 253 g/mol. The van der Waals surface area contributed by atoms with Crippen LogP contribution in [-0.4, -0.2) is 25.8 Å². The van der Waals surface area contributed by atoms with Gasteiger partial charge in [0.15, 0.2) is 0 Å². The fourth-order valence-corrected chi connectivity index (χ4v) is 2.81. The van der Waals surface area contributed by atoms with Gasteiger partial charge in [-0.3, -0.25) is 0 Å². The molecule has 2 aliphatic rings. The predicted molar refractivity (Wildman–Crippen MR) is 78.3 cm³/mol. The van der Waals surface area contributed by atoms with E-state index in [1.807, 2.05) is 12.1 Å². The average Bonchev–Trinajstić information content (AvgIpc) is 3.21. The van der Waals surface area contributed by atoms with Crippen LogP contribution >= 0.6 is 0 Å². The summed E-state index contributed by atoms with van der Waals surface area (Å²) in [7, 11) is 0. The van der Waals surface area contributed by atoms with E-state index in [9.17, 15) is 4.39 Å². The molecule has 0 aromatic heterocycles. The van der Waals surface area contributed by atoms with Crippen LogP contribution in [0.3, 0.4) is 0 Å². The van der Waals surface area contributed by atoms with Gasteiger partial charge in [0.05, 0.1) is 0 Å². The minimum atomic E-state index is -0.144. The van der Waals surface area contributed by atoms with Gasteiger partial charge < -0.3 is 10.1 Å². The summed E-state index contributed by atoms with van der Waals surface area (Å²) in [4.78, 5) is 0. The summed E-state index contributed by atoms with van der Waals surface area (Å²) < 4.78 is 18.5. The van der Waals surface area contributed by atoms with Crippen molar-refractivity contribution in [3.05, 3.63) is 35.6 Å². The van der Waals surface area contributed by atoms with Crippen LogP contribution in [0.25, 0.3) is 0 Å². The lowest BCUT2D eigenvalue weighted by atomic mass is 9.76. The van der Waals surface area contributed by atoms with Crippen molar-refractivity contribution in [3.8, 4) is 0 Å². The van der Waals surface area contributed by atoms with Gasteiger partial charge in [-0.25, -0.2) is 4.39 Å². The van der Waals surface area contributed by atoms with E-state index in [-0.39, 0.29) is 5.82 Å². The van der Waals surface area contributed by atoms with Gasteiger partial charge >= 0.3 is 0 Å². The maximum Gasteiger partial charge on any atom is 0.123 e. The molecule has 0 unspecified atom stereocenters. The van der Waals surface area contributed by atoms with Crippen molar-refractivity contribution >= 4 is 0 Å². The quantitative estimate of drug-likeness (QED) is 0.735. The molecule has 110 valence electrons. The van der Waals surface area contributed by atoms with Crippen molar-refractivity contribution < 1.29 is 9.13 Å². The lowest BCUT2D eigenvalue weighted by Gasteiger charge is -2.36. The molecule has 20 heavy (non-hydrogen) atoms. The first-order valence-corrected chi connectivity index (χ1v) is 7.88. The predicted octanol–water partition coefficient (Wildman–Crippen LogP) is 3.48. The molecule has 2 nitrogen and oxygen atoms in total. The molecule has 0 heterocycles. The van der Waals surface area contributed by atoms with Crippen LogP contribution < -0.4 is 5.32 Å². The Morgan fingerprint density at radius 1 is 1.15 bits per heavy atom. The molecule has 0 aliphatic heterocycles. The molecule has 2 fully saturated rings. The molecular formula is C17H24FNO. The smallest absolute Gasteiger partial charge is 0.123 e. The third-order valence-corrected chi connectivity index (χ3v) is 4.43. The largest absolute Gasteiger partial charge is 0.381 e. The van der Waals surface area contributed by atoms with Gasteiger partial charge in [0.1, 0.15) is 5.82 Å². The maximum absolute atomic E-state index is 12.8. The molecule has 3 heteroatoms. The van der Waals surface area contributed by atoms with Crippen LogP contribution in [-0.2, 0) is 4.74 Å². The van der Waals surface area contributed by atoms with E-state index in [1.165, 1.54) is 31.2 Å². The summed E-state index contributed by atoms with van der Waals surface area (Å²) in [5.74, 6) is 1.33. The maximum atomic E-state index is 12.8. The number of ether oxygens (including phenoxy) is 1. The summed E-state index contributed by atoms with van der Waals surface area (Å²) in [6, 6.07) is 7.60. The van der Waals surface area contributed by atoms with E-state index in [2.05, 4.69) is 5.32 Å². The van der Waals surface area contributed by atoms with E-state index in [0.717, 1.165) is 32.1 Å². The Morgan fingerprint density at radius 3 is 2.60 bits per heavy atom. The van der Waals surface area contributed by atoms with Crippen LogP contribution in [0.5, 0.6) is 0 Å². The Labute approximate surface area is 120 Å². The van der Waals surface area contributed by atoms with Gasteiger partial charge in [-0.05, 0) is 68.2 Å². The van der Waals surface area contributed by atoms with Crippen molar-refractivity contribution in [3.63, 3.8) is 0 Å². The summed E-state index contributed by atoms with van der Waals surface area (Å²) >= 11 is 0. The van der Waals surface area contributed by atoms with Crippen molar-refractivity contribution in [2.75, 3.05) is 19.8 Å². The molecule has 0 bridgehead atoms. The van der Waals surface area contributed by atoms with Crippen molar-refractivity contribution in [1.29, 1.82) is 0 Å². The van der Waals surface area contributed by atoms with E-state index in [4.69, 9.17) is 4.74 Å². The Balaban J connectivity index is 1.23. The van der Waals surface area contributed by atoms with Gasteiger partial charge in [-0.15, -0.1) is 0 Å². The Kier molecular flexibility index (Phi) is 4.69. The van der Waals surface area contributed by atoms with Gasteiger partial charge in [0.2, 0.25) is 0 Å². The molecule has 1 aromatic carbocycles.